The van der Waals surface area contributed by atoms with Gasteiger partial charge in [-0.15, -0.1) is 0 Å². The van der Waals surface area contributed by atoms with E-state index >= 15 is 0 Å². The minimum Gasteiger partial charge on any atom is -0.486 e. The second-order valence-corrected chi connectivity index (χ2v) is 5.13. The Bertz CT molecular complexity index is 534. The lowest BCUT2D eigenvalue weighted by Crippen LogP contribution is -2.30. The smallest absolute Gasteiger partial charge is 0.303 e. The lowest BCUT2D eigenvalue weighted by molar-refractivity contribution is -0.137. The molecule has 0 aliphatic carbocycles. The van der Waals surface area contributed by atoms with Crippen molar-refractivity contribution in [1.29, 1.82) is 0 Å². The Morgan fingerprint density at radius 3 is 2.90 bits per heavy atom. The Morgan fingerprint density at radius 1 is 1.43 bits per heavy atom. The van der Waals surface area contributed by atoms with Crippen molar-refractivity contribution in [1.82, 2.24) is 5.32 Å². The van der Waals surface area contributed by atoms with Gasteiger partial charge in [-0.2, -0.15) is 0 Å². The quantitative estimate of drug-likeness (QED) is 0.747. The molecule has 2 rings (SSSR count). The summed E-state index contributed by atoms with van der Waals surface area (Å²) in [7, 11) is 0. The average molecular weight is 314 g/mol. The van der Waals surface area contributed by atoms with E-state index in [-0.39, 0.29) is 12.5 Å². The van der Waals surface area contributed by atoms with E-state index in [1.807, 2.05) is 0 Å². The van der Waals surface area contributed by atoms with Gasteiger partial charge in [0.15, 0.2) is 11.5 Å². The Morgan fingerprint density at radius 2 is 2.19 bits per heavy atom. The summed E-state index contributed by atoms with van der Waals surface area (Å²) in [4.78, 5) is 21.3. The maximum atomic E-state index is 10.6. The second-order valence-electron chi connectivity index (χ2n) is 4.72. The van der Waals surface area contributed by atoms with Crippen LogP contribution in [-0.2, 0) is 16.0 Å². The highest BCUT2D eigenvalue weighted by Gasteiger charge is 2.18. The third-order valence-electron chi connectivity index (χ3n) is 3.15. The number of hydrogen-bond acceptors (Lipinski definition) is 4. The molecular weight excluding hydrogens is 298 g/mol. The summed E-state index contributed by atoms with van der Waals surface area (Å²) < 4.78 is 10.9. The molecule has 0 radical (unpaired) electrons. The third kappa shape index (κ3) is 4.26. The highest BCUT2D eigenvalue weighted by Crippen LogP contribution is 2.38. The molecule has 1 aromatic rings. The number of carboxylic acid groups (broad SMARTS) is 1. The zero-order valence-corrected chi connectivity index (χ0v) is 12.1. The Kier molecular flexibility index (Phi) is 5.27. The molecule has 0 bridgehead atoms. The lowest BCUT2D eigenvalue weighted by atomic mass is 10.0. The first-order valence-electron chi connectivity index (χ1n) is 6.59. The fraction of sp³-hybridized carbons (Fsp3) is 0.429. The predicted octanol–water partition coefficient (Wildman–Crippen LogP) is 1.63. The number of nitrogens with one attached hydrogen (secondary N) is 1. The summed E-state index contributed by atoms with van der Waals surface area (Å²) in [5.41, 5.74) is 0.856. The SMILES string of the molecule is O=CNC(CCC(=O)O)Cc1cc(Cl)c2c(c1)OCCO2. The van der Waals surface area contributed by atoms with Crippen LogP contribution in [0.25, 0.3) is 0 Å². The van der Waals surface area contributed by atoms with Crippen molar-refractivity contribution >= 4 is 24.0 Å². The predicted molar refractivity (Wildman–Crippen MR) is 76.0 cm³/mol. The molecule has 1 amide bonds. The summed E-state index contributed by atoms with van der Waals surface area (Å²) >= 11 is 6.15. The molecule has 2 N–H and O–H groups in total. The lowest BCUT2D eigenvalue weighted by Gasteiger charge is -2.21. The summed E-state index contributed by atoms with van der Waals surface area (Å²) in [6.45, 7) is 0.918. The first-order valence-corrected chi connectivity index (χ1v) is 6.97. The number of amides is 1. The largest absolute Gasteiger partial charge is 0.486 e. The maximum Gasteiger partial charge on any atom is 0.303 e. The van der Waals surface area contributed by atoms with Crippen LogP contribution in [0.2, 0.25) is 5.02 Å². The maximum absolute atomic E-state index is 10.6. The van der Waals surface area contributed by atoms with Gasteiger partial charge in [-0.3, -0.25) is 9.59 Å². The molecule has 1 aliphatic heterocycles. The van der Waals surface area contributed by atoms with Crippen LogP contribution in [-0.4, -0.2) is 36.7 Å². The first kappa shape index (κ1) is 15.4. The number of rotatable bonds is 7. The summed E-state index contributed by atoms with van der Waals surface area (Å²) in [5.74, 6) is 0.205. The number of hydrogen-bond donors (Lipinski definition) is 2. The molecule has 0 saturated heterocycles. The van der Waals surface area contributed by atoms with Gasteiger partial charge >= 0.3 is 5.97 Å². The molecule has 7 heteroatoms. The number of benzene rings is 1. The highest BCUT2D eigenvalue weighted by molar-refractivity contribution is 6.32. The molecule has 1 unspecified atom stereocenters. The average Bonchev–Trinajstić information content (AvgIpc) is 2.45. The van der Waals surface area contributed by atoms with E-state index in [1.54, 1.807) is 12.1 Å². The van der Waals surface area contributed by atoms with Crippen molar-refractivity contribution in [3.8, 4) is 11.5 Å². The van der Waals surface area contributed by atoms with Crippen molar-refractivity contribution in [3.05, 3.63) is 22.7 Å². The highest BCUT2D eigenvalue weighted by atomic mass is 35.5. The van der Waals surface area contributed by atoms with Crippen LogP contribution >= 0.6 is 11.6 Å². The molecule has 0 fully saturated rings. The fourth-order valence-corrected chi connectivity index (χ4v) is 2.49. The first-order chi connectivity index (χ1) is 10.1. The molecule has 21 heavy (non-hydrogen) atoms. The molecule has 1 heterocycles. The molecule has 6 nitrogen and oxygen atoms in total. The second kappa shape index (κ2) is 7.17. The van der Waals surface area contributed by atoms with E-state index in [0.717, 1.165) is 5.56 Å². The summed E-state index contributed by atoms with van der Waals surface area (Å²) in [6.07, 6.45) is 1.39. The van der Waals surface area contributed by atoms with Gasteiger partial charge in [0.25, 0.3) is 0 Å². The Balaban J connectivity index is 2.10. The normalized spacial score (nSPS) is 14.3. The van der Waals surface area contributed by atoms with Crippen molar-refractivity contribution in [2.45, 2.75) is 25.3 Å². The van der Waals surface area contributed by atoms with Crippen LogP contribution in [0, 0.1) is 0 Å². The van der Waals surface area contributed by atoms with Crippen LogP contribution in [0.1, 0.15) is 18.4 Å². The van der Waals surface area contributed by atoms with E-state index in [4.69, 9.17) is 26.2 Å². The number of ether oxygens (including phenoxy) is 2. The van der Waals surface area contributed by atoms with Crippen LogP contribution in [0.15, 0.2) is 12.1 Å². The number of fused-ring (bicyclic) bond motifs is 1. The van der Waals surface area contributed by atoms with Gasteiger partial charge in [0.1, 0.15) is 13.2 Å². The fourth-order valence-electron chi connectivity index (χ4n) is 2.20. The van der Waals surface area contributed by atoms with Gasteiger partial charge in [-0.25, -0.2) is 0 Å². The molecule has 0 spiro atoms. The zero-order valence-electron chi connectivity index (χ0n) is 11.3. The molecule has 1 aromatic carbocycles. The van der Waals surface area contributed by atoms with Gasteiger partial charge in [0, 0.05) is 12.5 Å². The Hall–Kier alpha value is -1.95. The van der Waals surface area contributed by atoms with E-state index in [2.05, 4.69) is 5.32 Å². The molecule has 1 atom stereocenters. The molecule has 0 saturated carbocycles. The molecule has 0 aromatic heterocycles. The summed E-state index contributed by atoms with van der Waals surface area (Å²) in [6, 6.07) is 3.29. The van der Waals surface area contributed by atoms with Gasteiger partial charge in [-0.05, 0) is 30.5 Å². The van der Waals surface area contributed by atoms with Gasteiger partial charge in [0.05, 0.1) is 5.02 Å². The van der Waals surface area contributed by atoms with Crippen LogP contribution < -0.4 is 14.8 Å². The number of carbonyl (C=O) groups is 2. The summed E-state index contributed by atoms with van der Waals surface area (Å²) in [5, 5.41) is 11.8. The van der Waals surface area contributed by atoms with Crippen LogP contribution in [0.5, 0.6) is 11.5 Å². The van der Waals surface area contributed by atoms with E-state index in [9.17, 15) is 9.59 Å². The topological polar surface area (TPSA) is 84.9 Å². The number of carbonyl (C=O) groups excluding carboxylic acids is 1. The zero-order chi connectivity index (χ0) is 15.2. The Labute approximate surface area is 127 Å². The minimum absolute atomic E-state index is 0.0101. The van der Waals surface area contributed by atoms with Crippen molar-refractivity contribution in [2.75, 3.05) is 13.2 Å². The molecule has 114 valence electrons. The number of halogens is 1. The standard InChI is InChI=1S/C14H16ClNO5/c15-11-6-9(7-12-14(11)21-4-3-20-12)5-10(16-8-17)1-2-13(18)19/h6-8,10H,1-5H2,(H,16,17)(H,18,19). The number of aliphatic carboxylic acids is 1. The third-order valence-corrected chi connectivity index (χ3v) is 3.43. The molecular formula is C14H16ClNO5. The van der Waals surface area contributed by atoms with Gasteiger partial charge in [0.2, 0.25) is 6.41 Å². The van der Waals surface area contributed by atoms with Gasteiger partial charge < -0.3 is 19.9 Å². The van der Waals surface area contributed by atoms with Crippen molar-refractivity contribution in [3.63, 3.8) is 0 Å². The van der Waals surface area contributed by atoms with Crippen molar-refractivity contribution < 1.29 is 24.2 Å². The van der Waals surface area contributed by atoms with Gasteiger partial charge in [-0.1, -0.05) is 11.6 Å². The van der Waals surface area contributed by atoms with E-state index in [0.29, 0.717) is 49.0 Å². The van der Waals surface area contributed by atoms with Crippen LogP contribution in [0.3, 0.4) is 0 Å². The van der Waals surface area contributed by atoms with E-state index in [1.165, 1.54) is 0 Å². The number of carboxylic acids is 1. The monoisotopic (exact) mass is 313 g/mol. The van der Waals surface area contributed by atoms with Crippen molar-refractivity contribution in [2.24, 2.45) is 0 Å². The van der Waals surface area contributed by atoms with E-state index < -0.39 is 5.97 Å². The van der Waals surface area contributed by atoms with Crippen LogP contribution in [0.4, 0.5) is 0 Å². The minimum atomic E-state index is -0.895. The molecule has 1 aliphatic rings.